The summed E-state index contributed by atoms with van der Waals surface area (Å²) in [5.41, 5.74) is 1.57. The normalized spacial score (nSPS) is 19.8. The van der Waals surface area contributed by atoms with Crippen molar-refractivity contribution in [2.24, 2.45) is 0 Å². The van der Waals surface area contributed by atoms with Gasteiger partial charge in [-0.2, -0.15) is 4.31 Å². The van der Waals surface area contributed by atoms with Crippen molar-refractivity contribution >= 4 is 27.5 Å². The van der Waals surface area contributed by atoms with Gasteiger partial charge >= 0.3 is 0 Å². The van der Waals surface area contributed by atoms with Gasteiger partial charge in [-0.3, -0.25) is 14.5 Å². The van der Waals surface area contributed by atoms with Crippen molar-refractivity contribution in [2.45, 2.75) is 39.8 Å². The highest BCUT2D eigenvalue weighted by molar-refractivity contribution is 7.89. The SMILES string of the molecule is CCS(=O)(=O)N1CC(=O)N(c2cccc(C)c2C)[C@@](C)(C(=O)NCc2ccc(F)cc2)C1. The number of hydrogen-bond donors (Lipinski definition) is 1. The zero-order chi connectivity index (χ0) is 23.7. The van der Waals surface area contributed by atoms with Crippen molar-refractivity contribution in [1.82, 2.24) is 9.62 Å². The number of carbonyl (C=O) groups is 2. The molecule has 0 spiro atoms. The van der Waals surface area contributed by atoms with Gasteiger partial charge in [0, 0.05) is 18.8 Å². The van der Waals surface area contributed by atoms with Gasteiger partial charge in [0.1, 0.15) is 11.4 Å². The molecular formula is C23H28FN3O4S. The molecule has 1 aliphatic heterocycles. The van der Waals surface area contributed by atoms with E-state index in [1.165, 1.54) is 24.0 Å². The highest BCUT2D eigenvalue weighted by Crippen LogP contribution is 2.34. The summed E-state index contributed by atoms with van der Waals surface area (Å²) in [7, 11) is -3.69. The van der Waals surface area contributed by atoms with Crippen molar-refractivity contribution in [2.75, 3.05) is 23.7 Å². The topological polar surface area (TPSA) is 86.8 Å². The number of amides is 2. The van der Waals surface area contributed by atoms with Crippen LogP contribution < -0.4 is 10.2 Å². The second-order valence-corrected chi connectivity index (χ2v) is 10.5. The summed E-state index contributed by atoms with van der Waals surface area (Å²) in [5, 5.41) is 2.80. The molecule has 0 radical (unpaired) electrons. The van der Waals surface area contributed by atoms with Crippen LogP contribution in [0, 0.1) is 19.7 Å². The molecule has 1 heterocycles. The Bertz CT molecular complexity index is 1130. The van der Waals surface area contributed by atoms with Gasteiger partial charge in [0.05, 0.1) is 12.3 Å². The predicted octanol–water partition coefficient (Wildman–Crippen LogP) is 2.52. The molecule has 9 heteroatoms. The van der Waals surface area contributed by atoms with Crippen LogP contribution in [0.4, 0.5) is 10.1 Å². The number of nitrogens with zero attached hydrogens (tertiary/aromatic N) is 2. The average molecular weight is 462 g/mol. The summed E-state index contributed by atoms with van der Waals surface area (Å²) < 4.78 is 39.4. The molecular weight excluding hydrogens is 433 g/mol. The van der Waals surface area contributed by atoms with Crippen LogP contribution in [0.3, 0.4) is 0 Å². The molecule has 1 aliphatic rings. The summed E-state index contributed by atoms with van der Waals surface area (Å²) in [6.07, 6.45) is 0. The van der Waals surface area contributed by atoms with E-state index in [9.17, 15) is 22.4 Å². The van der Waals surface area contributed by atoms with Crippen molar-refractivity contribution in [3.63, 3.8) is 0 Å². The summed E-state index contributed by atoms with van der Waals surface area (Å²) in [5.74, 6) is -1.52. The minimum Gasteiger partial charge on any atom is -0.350 e. The third kappa shape index (κ3) is 4.54. The van der Waals surface area contributed by atoms with Crippen LogP contribution in [0.1, 0.15) is 30.5 Å². The Morgan fingerprint density at radius 2 is 1.81 bits per heavy atom. The maximum Gasteiger partial charge on any atom is 0.247 e. The number of sulfonamides is 1. The number of hydrogen-bond acceptors (Lipinski definition) is 4. The van der Waals surface area contributed by atoms with Crippen LogP contribution in [0.25, 0.3) is 0 Å². The van der Waals surface area contributed by atoms with E-state index < -0.39 is 27.4 Å². The first kappa shape index (κ1) is 23.9. The molecule has 172 valence electrons. The first-order chi connectivity index (χ1) is 15.0. The molecule has 3 rings (SSSR count). The molecule has 1 saturated heterocycles. The molecule has 0 aliphatic carbocycles. The molecule has 0 aromatic heterocycles. The lowest BCUT2D eigenvalue weighted by Gasteiger charge is -2.47. The van der Waals surface area contributed by atoms with E-state index in [1.54, 1.807) is 31.2 Å². The van der Waals surface area contributed by atoms with Gasteiger partial charge in [0.25, 0.3) is 0 Å². The Labute approximate surface area is 188 Å². The number of rotatable bonds is 6. The van der Waals surface area contributed by atoms with Gasteiger partial charge in [-0.1, -0.05) is 24.3 Å². The molecule has 0 bridgehead atoms. The van der Waals surface area contributed by atoms with E-state index >= 15 is 0 Å². The maximum absolute atomic E-state index is 13.4. The van der Waals surface area contributed by atoms with E-state index in [0.29, 0.717) is 11.3 Å². The lowest BCUT2D eigenvalue weighted by molar-refractivity contribution is -0.133. The van der Waals surface area contributed by atoms with E-state index in [0.717, 1.165) is 15.4 Å². The maximum atomic E-state index is 13.4. The Balaban J connectivity index is 2.00. The molecule has 1 N–H and O–H groups in total. The lowest BCUT2D eigenvalue weighted by atomic mass is 9.93. The molecule has 1 atom stereocenters. The van der Waals surface area contributed by atoms with Crippen LogP contribution in [0.15, 0.2) is 42.5 Å². The standard InChI is InChI=1S/C23H28FN3O4S/c1-5-32(30,31)26-14-21(28)27(20-8-6-7-16(2)17(20)3)23(4,15-26)22(29)25-13-18-9-11-19(24)12-10-18/h6-12H,5,13-15H2,1-4H3,(H,25,29)/t23-/m1/s1. The number of piperazine rings is 1. The van der Waals surface area contributed by atoms with Crippen molar-refractivity contribution in [3.05, 3.63) is 65.0 Å². The zero-order valence-corrected chi connectivity index (χ0v) is 19.5. The van der Waals surface area contributed by atoms with E-state index in [2.05, 4.69) is 5.32 Å². The summed E-state index contributed by atoms with van der Waals surface area (Å²) in [6.45, 7) is 6.47. The largest absolute Gasteiger partial charge is 0.350 e. The van der Waals surface area contributed by atoms with E-state index in [-0.39, 0.29) is 31.2 Å². The predicted molar refractivity (Wildman–Crippen MR) is 121 cm³/mol. The third-order valence-corrected chi connectivity index (χ3v) is 7.74. The minimum absolute atomic E-state index is 0.115. The molecule has 1 fully saturated rings. The van der Waals surface area contributed by atoms with Gasteiger partial charge in [0.2, 0.25) is 21.8 Å². The van der Waals surface area contributed by atoms with Gasteiger partial charge in [-0.05, 0) is 62.6 Å². The molecule has 0 saturated carbocycles. The van der Waals surface area contributed by atoms with Crippen LogP contribution in [0.5, 0.6) is 0 Å². The van der Waals surface area contributed by atoms with Crippen LogP contribution in [-0.2, 0) is 26.2 Å². The molecule has 2 aromatic rings. The quantitative estimate of drug-likeness (QED) is 0.716. The number of aryl methyl sites for hydroxylation is 1. The highest BCUT2D eigenvalue weighted by atomic mass is 32.2. The van der Waals surface area contributed by atoms with Gasteiger partial charge in [-0.15, -0.1) is 0 Å². The minimum atomic E-state index is -3.69. The number of carbonyl (C=O) groups excluding carboxylic acids is 2. The molecule has 32 heavy (non-hydrogen) atoms. The second-order valence-electron chi connectivity index (χ2n) is 8.20. The molecule has 2 amide bonds. The summed E-state index contributed by atoms with van der Waals surface area (Å²) in [4.78, 5) is 28.1. The smallest absolute Gasteiger partial charge is 0.247 e. The van der Waals surface area contributed by atoms with Crippen molar-refractivity contribution in [1.29, 1.82) is 0 Å². The summed E-state index contributed by atoms with van der Waals surface area (Å²) >= 11 is 0. The van der Waals surface area contributed by atoms with Gasteiger partial charge in [-0.25, -0.2) is 12.8 Å². The third-order valence-electron chi connectivity index (χ3n) is 5.97. The highest BCUT2D eigenvalue weighted by Gasteiger charge is 2.50. The van der Waals surface area contributed by atoms with E-state index in [1.807, 2.05) is 19.9 Å². The zero-order valence-electron chi connectivity index (χ0n) is 18.7. The Kier molecular flexibility index (Phi) is 6.71. The molecule has 7 nitrogen and oxygen atoms in total. The number of benzene rings is 2. The fourth-order valence-electron chi connectivity index (χ4n) is 3.87. The first-order valence-electron chi connectivity index (χ1n) is 10.4. The van der Waals surface area contributed by atoms with Crippen molar-refractivity contribution in [3.8, 4) is 0 Å². The summed E-state index contributed by atoms with van der Waals surface area (Å²) in [6, 6.07) is 11.2. The first-order valence-corrected chi connectivity index (χ1v) is 12.0. The van der Waals surface area contributed by atoms with E-state index in [4.69, 9.17) is 0 Å². The monoisotopic (exact) mass is 461 g/mol. The second kappa shape index (κ2) is 8.99. The Morgan fingerprint density at radius 1 is 1.16 bits per heavy atom. The molecule has 0 unspecified atom stereocenters. The number of halogens is 1. The average Bonchev–Trinajstić information content (AvgIpc) is 2.75. The van der Waals surface area contributed by atoms with Gasteiger partial charge in [0.15, 0.2) is 0 Å². The van der Waals surface area contributed by atoms with Crippen LogP contribution in [-0.4, -0.2) is 48.9 Å². The Hall–Kier alpha value is -2.78. The number of nitrogens with one attached hydrogen (secondary N) is 1. The lowest BCUT2D eigenvalue weighted by Crippen LogP contribution is -2.70. The fraction of sp³-hybridized carbons (Fsp3) is 0.391. The number of anilines is 1. The fourth-order valence-corrected chi connectivity index (χ4v) is 4.99. The van der Waals surface area contributed by atoms with Crippen LogP contribution in [0.2, 0.25) is 0 Å². The molecule has 2 aromatic carbocycles. The van der Waals surface area contributed by atoms with Gasteiger partial charge < -0.3 is 5.32 Å². The Morgan fingerprint density at radius 3 is 2.44 bits per heavy atom. The van der Waals surface area contributed by atoms with Crippen molar-refractivity contribution < 1.29 is 22.4 Å². The van der Waals surface area contributed by atoms with Crippen LogP contribution >= 0.6 is 0 Å².